The maximum Gasteiger partial charge on any atom is 0.243 e. The molecule has 2 aromatic carbocycles. The Morgan fingerprint density at radius 3 is 2.32 bits per heavy atom. The van der Waals surface area contributed by atoms with Crippen molar-refractivity contribution in [1.82, 2.24) is 9.21 Å². The molecule has 0 aromatic heterocycles. The summed E-state index contributed by atoms with van der Waals surface area (Å²) in [6.07, 6.45) is 0.643. The topological polar surface area (TPSA) is 77.9 Å². The lowest BCUT2D eigenvalue weighted by Crippen LogP contribution is -2.45. The molecule has 1 fully saturated rings. The number of aliphatic hydroxyl groups excluding tert-OH is 1. The first-order valence-electron chi connectivity index (χ1n) is 9.43. The van der Waals surface area contributed by atoms with E-state index in [1.807, 2.05) is 37.3 Å². The highest BCUT2D eigenvalue weighted by Gasteiger charge is 2.32. The van der Waals surface area contributed by atoms with Gasteiger partial charge in [0.05, 0.1) is 17.5 Å². The molecule has 3 rings (SSSR count). The number of aliphatic hydroxyl groups is 1. The minimum atomic E-state index is -3.65. The Kier molecular flexibility index (Phi) is 6.49. The van der Waals surface area contributed by atoms with E-state index in [1.165, 1.54) is 4.31 Å². The number of hydrogen-bond donors (Lipinski definition) is 1. The van der Waals surface area contributed by atoms with Crippen LogP contribution in [0.3, 0.4) is 0 Å². The molecule has 7 heteroatoms. The van der Waals surface area contributed by atoms with Crippen molar-refractivity contribution in [3.63, 3.8) is 0 Å². The molecule has 1 heterocycles. The molecular weight excluding hydrogens is 376 g/mol. The second-order valence-electron chi connectivity index (χ2n) is 7.08. The lowest BCUT2D eigenvalue weighted by molar-refractivity contribution is -0.133. The Labute approximate surface area is 166 Å². The molecule has 28 heavy (non-hydrogen) atoms. The van der Waals surface area contributed by atoms with E-state index in [9.17, 15) is 18.3 Å². The van der Waals surface area contributed by atoms with Crippen LogP contribution in [0.4, 0.5) is 0 Å². The fourth-order valence-electron chi connectivity index (χ4n) is 3.47. The fourth-order valence-corrected chi connectivity index (χ4v) is 4.90. The monoisotopic (exact) mass is 402 g/mol. The van der Waals surface area contributed by atoms with Crippen LogP contribution in [0.25, 0.3) is 0 Å². The van der Waals surface area contributed by atoms with Gasteiger partial charge in [0.25, 0.3) is 0 Å². The van der Waals surface area contributed by atoms with Crippen molar-refractivity contribution in [2.45, 2.75) is 30.7 Å². The zero-order chi connectivity index (χ0) is 20.1. The summed E-state index contributed by atoms with van der Waals surface area (Å²) in [5, 5.41) is 9.85. The van der Waals surface area contributed by atoms with Crippen molar-refractivity contribution in [3.8, 4) is 0 Å². The number of hydrogen-bond acceptors (Lipinski definition) is 4. The average Bonchev–Trinajstić information content (AvgIpc) is 2.89. The summed E-state index contributed by atoms with van der Waals surface area (Å²) in [6, 6.07) is 16.0. The maximum absolute atomic E-state index is 12.9. The van der Waals surface area contributed by atoms with Gasteiger partial charge in [0.15, 0.2) is 0 Å². The Hall–Kier alpha value is -2.22. The summed E-state index contributed by atoms with van der Waals surface area (Å²) in [5.41, 5.74) is 2.02. The van der Waals surface area contributed by atoms with Gasteiger partial charge in [-0.2, -0.15) is 4.31 Å². The van der Waals surface area contributed by atoms with E-state index in [1.54, 1.807) is 29.2 Å². The largest absolute Gasteiger partial charge is 0.394 e. The highest BCUT2D eigenvalue weighted by Crippen LogP contribution is 2.20. The van der Waals surface area contributed by atoms with Gasteiger partial charge in [0.2, 0.25) is 15.9 Å². The molecule has 0 saturated carbocycles. The van der Waals surface area contributed by atoms with Crippen LogP contribution in [0.2, 0.25) is 0 Å². The average molecular weight is 403 g/mol. The van der Waals surface area contributed by atoms with E-state index >= 15 is 0 Å². The minimum absolute atomic E-state index is 0.108. The van der Waals surface area contributed by atoms with Crippen molar-refractivity contribution in [3.05, 3.63) is 65.7 Å². The molecule has 1 atom stereocenters. The number of nitrogens with zero attached hydrogens (tertiary/aromatic N) is 2. The number of aryl methyl sites for hydroxylation is 1. The molecule has 1 aliphatic heterocycles. The van der Waals surface area contributed by atoms with Gasteiger partial charge >= 0.3 is 0 Å². The van der Waals surface area contributed by atoms with Crippen molar-refractivity contribution >= 4 is 15.9 Å². The van der Waals surface area contributed by atoms with Crippen molar-refractivity contribution in [2.75, 3.05) is 26.2 Å². The van der Waals surface area contributed by atoms with Gasteiger partial charge < -0.3 is 10.0 Å². The zero-order valence-electron chi connectivity index (χ0n) is 16.0. The molecule has 1 saturated heterocycles. The first-order chi connectivity index (χ1) is 13.4. The molecular formula is C21H26N2O4S. The maximum atomic E-state index is 12.9. The molecule has 2 aromatic rings. The third-order valence-corrected chi connectivity index (χ3v) is 7.02. The first kappa shape index (κ1) is 20.5. The zero-order valence-corrected chi connectivity index (χ0v) is 16.8. The van der Waals surface area contributed by atoms with Crippen molar-refractivity contribution in [2.24, 2.45) is 0 Å². The van der Waals surface area contributed by atoms with E-state index in [-0.39, 0.29) is 49.5 Å². The summed E-state index contributed by atoms with van der Waals surface area (Å²) in [7, 11) is -3.65. The van der Waals surface area contributed by atoms with Gasteiger partial charge in [-0.15, -0.1) is 0 Å². The second-order valence-corrected chi connectivity index (χ2v) is 9.02. The molecule has 1 aliphatic rings. The van der Waals surface area contributed by atoms with Crippen LogP contribution in [0.5, 0.6) is 0 Å². The summed E-state index contributed by atoms with van der Waals surface area (Å²) in [6.45, 7) is 2.37. The molecule has 0 unspecified atom stereocenters. The van der Waals surface area contributed by atoms with E-state index in [0.717, 1.165) is 11.1 Å². The Morgan fingerprint density at radius 2 is 1.68 bits per heavy atom. The summed E-state index contributed by atoms with van der Waals surface area (Å²) >= 11 is 0. The minimum Gasteiger partial charge on any atom is -0.394 e. The third kappa shape index (κ3) is 4.60. The number of amides is 1. The highest BCUT2D eigenvalue weighted by atomic mass is 32.2. The second kappa shape index (κ2) is 8.86. The summed E-state index contributed by atoms with van der Waals surface area (Å²) in [5.74, 6) is -0.128. The highest BCUT2D eigenvalue weighted by molar-refractivity contribution is 7.89. The van der Waals surface area contributed by atoms with Gasteiger partial charge in [-0.3, -0.25) is 4.79 Å². The van der Waals surface area contributed by atoms with Crippen LogP contribution in [0, 0.1) is 6.92 Å². The smallest absolute Gasteiger partial charge is 0.243 e. The molecule has 0 radical (unpaired) electrons. The van der Waals surface area contributed by atoms with Crippen molar-refractivity contribution < 1.29 is 18.3 Å². The lowest BCUT2D eigenvalue weighted by atomic mass is 10.0. The molecule has 1 N–H and O–H groups in total. The van der Waals surface area contributed by atoms with Gasteiger partial charge in [-0.05, 0) is 31.0 Å². The number of rotatable bonds is 6. The molecule has 6 nitrogen and oxygen atoms in total. The van der Waals surface area contributed by atoms with Crippen LogP contribution in [0.15, 0.2) is 59.5 Å². The van der Waals surface area contributed by atoms with E-state index in [0.29, 0.717) is 6.42 Å². The quantitative estimate of drug-likeness (QED) is 0.800. The molecule has 0 spiro atoms. The van der Waals surface area contributed by atoms with Crippen LogP contribution in [0.1, 0.15) is 17.5 Å². The molecule has 1 amide bonds. The number of carbonyl (C=O) groups excluding carboxylic acids is 1. The Balaban J connectivity index is 1.74. The molecule has 0 aliphatic carbocycles. The molecule has 150 valence electrons. The van der Waals surface area contributed by atoms with Gasteiger partial charge in [0.1, 0.15) is 0 Å². The standard InChI is InChI=1S/C21H26N2O4S/c1-17-7-9-20(10-8-17)28(26,27)22-12-11-21(25)23(14-13-22)19(16-24)15-18-5-3-2-4-6-18/h2-10,19,24H,11-16H2,1H3/t19-/m0/s1. The predicted octanol–water partition coefficient (Wildman–Crippen LogP) is 1.82. The Morgan fingerprint density at radius 1 is 1.00 bits per heavy atom. The van der Waals surface area contributed by atoms with E-state index < -0.39 is 10.0 Å². The molecule has 0 bridgehead atoms. The van der Waals surface area contributed by atoms with E-state index in [4.69, 9.17) is 0 Å². The van der Waals surface area contributed by atoms with Crippen molar-refractivity contribution in [1.29, 1.82) is 0 Å². The van der Waals surface area contributed by atoms with Crippen LogP contribution < -0.4 is 0 Å². The number of benzene rings is 2. The fraction of sp³-hybridized carbons (Fsp3) is 0.381. The summed E-state index contributed by atoms with van der Waals surface area (Å²) < 4.78 is 27.3. The van der Waals surface area contributed by atoms with E-state index in [2.05, 4.69) is 0 Å². The Bertz CT molecular complexity index is 898. The predicted molar refractivity (Wildman–Crippen MR) is 107 cm³/mol. The lowest BCUT2D eigenvalue weighted by Gasteiger charge is -2.30. The number of sulfonamides is 1. The summed E-state index contributed by atoms with van der Waals surface area (Å²) in [4.78, 5) is 14.5. The normalized spacial score (nSPS) is 17.4. The van der Waals surface area contributed by atoms with Gasteiger partial charge in [0, 0.05) is 26.1 Å². The van der Waals surface area contributed by atoms with Crippen LogP contribution in [-0.2, 0) is 21.2 Å². The SMILES string of the molecule is Cc1ccc(S(=O)(=O)N2CCC(=O)N([C@H](CO)Cc3ccccc3)CC2)cc1. The van der Waals surface area contributed by atoms with Gasteiger partial charge in [-0.25, -0.2) is 8.42 Å². The third-order valence-electron chi connectivity index (χ3n) is 5.11. The van der Waals surface area contributed by atoms with Crippen LogP contribution >= 0.6 is 0 Å². The van der Waals surface area contributed by atoms with Crippen LogP contribution in [-0.4, -0.2) is 60.9 Å². The number of carbonyl (C=O) groups is 1. The first-order valence-corrected chi connectivity index (χ1v) is 10.9. The van der Waals surface area contributed by atoms with Gasteiger partial charge in [-0.1, -0.05) is 48.0 Å².